The number of hydrogen-bond donors (Lipinski definition) is 1. The number of amides is 1. The number of nitrogens with zero attached hydrogens (tertiary/aromatic N) is 2. The molecule has 0 aromatic carbocycles. The molecular weight excluding hydrogens is 290 g/mol. The molecule has 0 unspecified atom stereocenters. The van der Waals surface area contributed by atoms with Gasteiger partial charge in [0.15, 0.2) is 0 Å². The highest BCUT2D eigenvalue weighted by Crippen LogP contribution is 2.20. The Hall–Kier alpha value is -1.14. The highest BCUT2D eigenvalue weighted by Gasteiger charge is 2.06. The van der Waals surface area contributed by atoms with Gasteiger partial charge in [0.05, 0.1) is 15.7 Å². The number of halogens is 1. The largest absolute Gasteiger partial charge is 0.350 e. The van der Waals surface area contributed by atoms with Gasteiger partial charge in [-0.15, -0.1) is 11.3 Å². The summed E-state index contributed by atoms with van der Waals surface area (Å²) in [7, 11) is 0. The van der Waals surface area contributed by atoms with Crippen molar-refractivity contribution in [1.82, 2.24) is 14.9 Å². The molecule has 0 aliphatic heterocycles. The van der Waals surface area contributed by atoms with E-state index in [0.717, 1.165) is 10.3 Å². The smallest absolute Gasteiger partial charge is 0.252 e. The molecule has 84 valence electrons. The zero-order valence-electron chi connectivity index (χ0n) is 8.39. The van der Waals surface area contributed by atoms with Crippen LogP contribution in [0.2, 0.25) is 0 Å². The van der Waals surface area contributed by atoms with Gasteiger partial charge in [-0.3, -0.25) is 4.79 Å². The van der Waals surface area contributed by atoms with E-state index in [0.29, 0.717) is 12.1 Å². The number of hydrogen-bond acceptors (Lipinski definition) is 3. The first-order chi connectivity index (χ1) is 7.75. The van der Waals surface area contributed by atoms with Crippen LogP contribution in [-0.4, -0.2) is 22.0 Å². The zero-order valence-corrected chi connectivity index (χ0v) is 10.8. The Labute approximate surface area is 105 Å². The summed E-state index contributed by atoms with van der Waals surface area (Å²) in [6.45, 7) is 1.33. The van der Waals surface area contributed by atoms with Crippen LogP contribution in [0, 0.1) is 0 Å². The van der Waals surface area contributed by atoms with E-state index >= 15 is 0 Å². The number of nitrogens with one attached hydrogen (secondary N) is 1. The van der Waals surface area contributed by atoms with Crippen molar-refractivity contribution in [2.45, 2.75) is 6.54 Å². The molecule has 0 saturated heterocycles. The lowest BCUT2D eigenvalue weighted by Crippen LogP contribution is -2.26. The fraction of sp³-hybridized carbons (Fsp3) is 0.200. The number of carbonyl (C=O) groups excluding carboxylic acids is 1. The summed E-state index contributed by atoms with van der Waals surface area (Å²) in [6, 6.07) is 1.82. The third-order valence-electron chi connectivity index (χ3n) is 2.04. The highest BCUT2D eigenvalue weighted by atomic mass is 79.9. The van der Waals surface area contributed by atoms with Gasteiger partial charge in [-0.2, -0.15) is 0 Å². The van der Waals surface area contributed by atoms with Crippen LogP contribution in [0.25, 0.3) is 0 Å². The van der Waals surface area contributed by atoms with Crippen molar-refractivity contribution in [2.75, 3.05) is 6.54 Å². The molecule has 0 aliphatic rings. The molecule has 0 atom stereocenters. The molecule has 16 heavy (non-hydrogen) atoms. The topological polar surface area (TPSA) is 46.9 Å². The number of rotatable bonds is 4. The van der Waals surface area contributed by atoms with Crippen molar-refractivity contribution in [3.63, 3.8) is 0 Å². The Morgan fingerprint density at radius 2 is 2.50 bits per heavy atom. The summed E-state index contributed by atoms with van der Waals surface area (Å²) in [6.07, 6.45) is 5.32. The van der Waals surface area contributed by atoms with Crippen LogP contribution >= 0.6 is 27.3 Å². The van der Waals surface area contributed by atoms with Gasteiger partial charge in [0.2, 0.25) is 0 Å². The van der Waals surface area contributed by atoms with Crippen LogP contribution in [0.3, 0.4) is 0 Å². The predicted molar refractivity (Wildman–Crippen MR) is 66.6 cm³/mol. The number of imidazole rings is 1. The van der Waals surface area contributed by atoms with E-state index in [2.05, 4.69) is 26.2 Å². The van der Waals surface area contributed by atoms with Crippen LogP contribution in [0.4, 0.5) is 0 Å². The summed E-state index contributed by atoms with van der Waals surface area (Å²) >= 11 is 4.83. The van der Waals surface area contributed by atoms with Crippen molar-refractivity contribution >= 4 is 33.2 Å². The molecule has 0 aliphatic carbocycles. The fourth-order valence-electron chi connectivity index (χ4n) is 1.25. The Morgan fingerprint density at radius 1 is 1.62 bits per heavy atom. The first-order valence-corrected chi connectivity index (χ1v) is 6.41. The summed E-state index contributed by atoms with van der Waals surface area (Å²) in [5, 5.41) is 4.68. The molecule has 0 bridgehead atoms. The van der Waals surface area contributed by atoms with E-state index in [1.807, 2.05) is 22.2 Å². The van der Waals surface area contributed by atoms with Crippen LogP contribution in [0.5, 0.6) is 0 Å². The van der Waals surface area contributed by atoms with Crippen molar-refractivity contribution in [3.8, 4) is 0 Å². The van der Waals surface area contributed by atoms with E-state index in [4.69, 9.17) is 0 Å². The number of carbonyl (C=O) groups is 1. The minimum atomic E-state index is -0.0398. The van der Waals surface area contributed by atoms with Gasteiger partial charge in [-0.1, -0.05) is 0 Å². The van der Waals surface area contributed by atoms with Gasteiger partial charge in [0, 0.05) is 30.9 Å². The summed E-state index contributed by atoms with van der Waals surface area (Å²) < 4.78 is 2.89. The van der Waals surface area contributed by atoms with Gasteiger partial charge >= 0.3 is 0 Å². The van der Waals surface area contributed by atoms with Crippen LogP contribution in [0.1, 0.15) is 10.4 Å². The first kappa shape index (κ1) is 11.3. The maximum atomic E-state index is 11.6. The summed E-state index contributed by atoms with van der Waals surface area (Å²) in [5.74, 6) is -0.0398. The minimum Gasteiger partial charge on any atom is -0.350 e. The molecule has 1 N–H and O–H groups in total. The molecule has 0 saturated carbocycles. The molecule has 4 nitrogen and oxygen atoms in total. The molecule has 2 aromatic heterocycles. The molecule has 6 heteroatoms. The van der Waals surface area contributed by atoms with Gasteiger partial charge in [0.25, 0.3) is 5.91 Å². The van der Waals surface area contributed by atoms with Crippen molar-refractivity contribution < 1.29 is 4.79 Å². The van der Waals surface area contributed by atoms with Gasteiger partial charge in [-0.05, 0) is 22.0 Å². The van der Waals surface area contributed by atoms with E-state index in [1.165, 1.54) is 11.3 Å². The molecule has 1 amide bonds. The normalized spacial score (nSPS) is 10.3. The van der Waals surface area contributed by atoms with Crippen LogP contribution in [0.15, 0.2) is 34.0 Å². The average Bonchev–Trinajstić information content (AvgIpc) is 2.89. The molecule has 2 heterocycles. The minimum absolute atomic E-state index is 0.0398. The Bertz CT molecular complexity index is 466. The molecular formula is C10H10BrN3OS. The van der Waals surface area contributed by atoms with E-state index < -0.39 is 0 Å². The quantitative estimate of drug-likeness (QED) is 0.940. The van der Waals surface area contributed by atoms with E-state index in [9.17, 15) is 4.79 Å². The molecule has 0 radical (unpaired) electrons. The SMILES string of the molecule is O=C(NCCn1ccnc1)c1csc(Br)c1. The number of aromatic nitrogens is 2. The van der Waals surface area contributed by atoms with E-state index in [-0.39, 0.29) is 5.91 Å². The van der Waals surface area contributed by atoms with Crippen LogP contribution < -0.4 is 5.32 Å². The Kier molecular flexibility index (Phi) is 3.74. The second-order valence-electron chi connectivity index (χ2n) is 3.20. The van der Waals surface area contributed by atoms with E-state index in [1.54, 1.807) is 12.5 Å². The van der Waals surface area contributed by atoms with Crippen LogP contribution in [-0.2, 0) is 6.54 Å². The second-order valence-corrected chi connectivity index (χ2v) is 5.49. The lowest BCUT2D eigenvalue weighted by Gasteiger charge is -2.04. The lowest BCUT2D eigenvalue weighted by molar-refractivity contribution is 0.0952. The zero-order chi connectivity index (χ0) is 11.4. The standard InChI is InChI=1S/C10H10BrN3OS/c11-9-5-8(6-16-9)10(15)13-2-4-14-3-1-12-7-14/h1,3,5-7H,2,4H2,(H,13,15). The van der Waals surface area contributed by atoms with Gasteiger partial charge in [-0.25, -0.2) is 4.98 Å². The molecule has 2 aromatic rings. The Balaban J connectivity index is 1.80. The number of thiophene rings is 1. The maximum Gasteiger partial charge on any atom is 0.252 e. The molecule has 0 spiro atoms. The summed E-state index contributed by atoms with van der Waals surface area (Å²) in [4.78, 5) is 15.6. The molecule has 0 fully saturated rings. The third-order valence-corrected chi connectivity index (χ3v) is 3.55. The maximum absolute atomic E-state index is 11.6. The van der Waals surface area contributed by atoms with Crippen molar-refractivity contribution in [1.29, 1.82) is 0 Å². The lowest BCUT2D eigenvalue weighted by atomic mass is 10.3. The van der Waals surface area contributed by atoms with Crippen molar-refractivity contribution in [2.24, 2.45) is 0 Å². The fourth-order valence-corrected chi connectivity index (χ4v) is 2.39. The third kappa shape index (κ3) is 2.93. The average molecular weight is 300 g/mol. The highest BCUT2D eigenvalue weighted by molar-refractivity contribution is 9.11. The monoisotopic (exact) mass is 299 g/mol. The van der Waals surface area contributed by atoms with Crippen molar-refractivity contribution in [3.05, 3.63) is 39.5 Å². The first-order valence-electron chi connectivity index (χ1n) is 4.73. The predicted octanol–water partition coefficient (Wildman–Crippen LogP) is 2.14. The van der Waals surface area contributed by atoms with Gasteiger partial charge < -0.3 is 9.88 Å². The van der Waals surface area contributed by atoms with Gasteiger partial charge in [0.1, 0.15) is 0 Å². The second kappa shape index (κ2) is 5.27. The molecule has 2 rings (SSSR count). The Morgan fingerprint density at radius 3 is 3.12 bits per heavy atom. The summed E-state index contributed by atoms with van der Waals surface area (Å²) in [5.41, 5.74) is 0.697.